The summed E-state index contributed by atoms with van der Waals surface area (Å²) in [4.78, 5) is 23.6. The van der Waals surface area contributed by atoms with Gasteiger partial charge in [-0.15, -0.1) is 0 Å². The number of benzene rings is 1. The molecule has 0 aromatic heterocycles. The predicted octanol–water partition coefficient (Wildman–Crippen LogP) is 2.20. The van der Waals surface area contributed by atoms with Crippen molar-refractivity contribution in [1.82, 2.24) is 0 Å². The molecule has 0 aliphatic heterocycles. The fourth-order valence-corrected chi connectivity index (χ4v) is 1.70. The number of ketones is 2. The van der Waals surface area contributed by atoms with Gasteiger partial charge in [-0.1, -0.05) is 35.9 Å². The average Bonchev–Trinajstić information content (AvgIpc) is 2.32. The van der Waals surface area contributed by atoms with Gasteiger partial charge in [0, 0.05) is 16.7 Å². The summed E-state index contributed by atoms with van der Waals surface area (Å²) in [6.07, 6.45) is 1.32. The number of alkyl halides is 1. The molecule has 1 aromatic carbocycles. The Bertz CT molecular complexity index is 477. The summed E-state index contributed by atoms with van der Waals surface area (Å²) in [5, 5.41) is 0. The van der Waals surface area contributed by atoms with Crippen LogP contribution in [-0.2, 0) is 4.74 Å². The first-order valence-electron chi connectivity index (χ1n) is 4.76. The van der Waals surface area contributed by atoms with E-state index in [1.165, 1.54) is 6.08 Å². The minimum Gasteiger partial charge on any atom is -0.361 e. The lowest BCUT2D eigenvalue weighted by Crippen LogP contribution is -2.19. The van der Waals surface area contributed by atoms with Crippen LogP contribution in [0.3, 0.4) is 0 Å². The molecule has 16 heavy (non-hydrogen) atoms. The van der Waals surface area contributed by atoms with Gasteiger partial charge in [0.25, 0.3) is 0 Å². The predicted molar refractivity (Wildman–Crippen MR) is 59.9 cm³/mol. The number of carbonyl (C=O) groups is 2. The normalized spacial score (nSPS) is 14.7. The molecule has 0 saturated carbocycles. The fourth-order valence-electron chi connectivity index (χ4n) is 1.63. The number of allylic oxidation sites excluding steroid dienone is 1. The van der Waals surface area contributed by atoms with E-state index in [9.17, 15) is 9.59 Å². The van der Waals surface area contributed by atoms with E-state index in [1.807, 2.05) is 0 Å². The first kappa shape index (κ1) is 11.0. The molecule has 1 aliphatic rings. The van der Waals surface area contributed by atoms with Crippen LogP contribution >= 0.6 is 11.6 Å². The third-order valence-corrected chi connectivity index (χ3v) is 2.52. The van der Waals surface area contributed by atoms with Gasteiger partial charge in [0.2, 0.25) is 0 Å². The van der Waals surface area contributed by atoms with Crippen LogP contribution in [-0.4, -0.2) is 24.2 Å². The van der Waals surface area contributed by atoms with Crippen LogP contribution < -0.4 is 0 Å². The number of fused-ring (bicyclic) bond motifs is 1. The third-order valence-electron chi connectivity index (χ3n) is 2.37. The Hall–Kier alpha value is -1.45. The molecule has 0 bridgehead atoms. The standard InChI is InChI=1S/C12H9ClO3/c13-7-16-6-8-5-11(14)9-3-1-2-4-10(9)12(8)15/h1-5H,6-7H2. The van der Waals surface area contributed by atoms with Gasteiger partial charge in [0.05, 0.1) is 6.61 Å². The van der Waals surface area contributed by atoms with Crippen LogP contribution in [0.4, 0.5) is 0 Å². The van der Waals surface area contributed by atoms with Gasteiger partial charge in [0.1, 0.15) is 6.07 Å². The van der Waals surface area contributed by atoms with E-state index >= 15 is 0 Å². The quantitative estimate of drug-likeness (QED) is 0.756. The van der Waals surface area contributed by atoms with Crippen LogP contribution in [0.15, 0.2) is 35.9 Å². The topological polar surface area (TPSA) is 43.4 Å². The second-order valence-corrected chi connectivity index (χ2v) is 3.58. The summed E-state index contributed by atoms with van der Waals surface area (Å²) < 4.78 is 4.93. The first-order valence-corrected chi connectivity index (χ1v) is 5.30. The Kier molecular flexibility index (Phi) is 3.17. The van der Waals surface area contributed by atoms with Gasteiger partial charge in [-0.25, -0.2) is 0 Å². The van der Waals surface area contributed by atoms with E-state index in [0.29, 0.717) is 16.7 Å². The Morgan fingerprint density at radius 1 is 1.12 bits per heavy atom. The molecule has 1 aliphatic carbocycles. The van der Waals surface area contributed by atoms with Crippen LogP contribution in [0.1, 0.15) is 20.7 Å². The summed E-state index contributed by atoms with van der Waals surface area (Å²) in [6, 6.07) is 6.75. The Morgan fingerprint density at radius 2 is 1.81 bits per heavy atom. The Balaban J connectivity index is 2.36. The van der Waals surface area contributed by atoms with Gasteiger partial charge in [-0.3, -0.25) is 9.59 Å². The van der Waals surface area contributed by atoms with Crippen LogP contribution in [0.25, 0.3) is 0 Å². The smallest absolute Gasteiger partial charge is 0.192 e. The Labute approximate surface area is 97.7 Å². The molecule has 0 spiro atoms. The molecule has 0 atom stereocenters. The maximum atomic E-state index is 11.9. The fraction of sp³-hybridized carbons (Fsp3) is 0.167. The Morgan fingerprint density at radius 3 is 2.50 bits per heavy atom. The molecule has 0 saturated heterocycles. The van der Waals surface area contributed by atoms with Crippen molar-refractivity contribution < 1.29 is 14.3 Å². The molecule has 4 heteroatoms. The van der Waals surface area contributed by atoms with Gasteiger partial charge in [-0.05, 0) is 6.08 Å². The highest BCUT2D eigenvalue weighted by molar-refractivity contribution is 6.24. The summed E-state index contributed by atoms with van der Waals surface area (Å²) >= 11 is 5.36. The first-order chi connectivity index (χ1) is 7.74. The summed E-state index contributed by atoms with van der Waals surface area (Å²) in [6.45, 7) is 0.0718. The minimum absolute atomic E-state index is 0.000454. The molecule has 82 valence electrons. The highest BCUT2D eigenvalue weighted by atomic mass is 35.5. The SMILES string of the molecule is O=C1C=C(COCCl)C(=O)c2ccccc21. The van der Waals surface area contributed by atoms with Crippen molar-refractivity contribution in [1.29, 1.82) is 0 Å². The van der Waals surface area contributed by atoms with E-state index in [1.54, 1.807) is 24.3 Å². The molecule has 0 heterocycles. The zero-order valence-electron chi connectivity index (χ0n) is 8.40. The van der Waals surface area contributed by atoms with Crippen molar-refractivity contribution >= 4 is 23.2 Å². The van der Waals surface area contributed by atoms with Crippen LogP contribution in [0.5, 0.6) is 0 Å². The molecule has 2 rings (SSSR count). The summed E-state index contributed by atoms with van der Waals surface area (Å²) in [5.74, 6) is -0.330. The van der Waals surface area contributed by atoms with E-state index in [2.05, 4.69) is 0 Å². The number of rotatable bonds is 3. The number of ether oxygens (including phenoxy) is 1. The van der Waals surface area contributed by atoms with Crippen molar-refractivity contribution in [2.45, 2.75) is 0 Å². The van der Waals surface area contributed by atoms with Gasteiger partial charge >= 0.3 is 0 Å². The van der Waals surface area contributed by atoms with Gasteiger partial charge in [-0.2, -0.15) is 0 Å². The van der Waals surface area contributed by atoms with Crippen LogP contribution in [0, 0.1) is 0 Å². The van der Waals surface area contributed by atoms with Crippen molar-refractivity contribution in [3.05, 3.63) is 47.0 Å². The second kappa shape index (κ2) is 4.60. The number of hydrogen-bond acceptors (Lipinski definition) is 3. The zero-order chi connectivity index (χ0) is 11.5. The number of hydrogen-bond donors (Lipinski definition) is 0. The molecule has 0 fully saturated rings. The van der Waals surface area contributed by atoms with Crippen molar-refractivity contribution in [3.8, 4) is 0 Å². The van der Waals surface area contributed by atoms with E-state index in [4.69, 9.17) is 16.3 Å². The highest BCUT2D eigenvalue weighted by Gasteiger charge is 2.24. The second-order valence-electron chi connectivity index (χ2n) is 3.37. The third kappa shape index (κ3) is 1.92. The van der Waals surface area contributed by atoms with Crippen molar-refractivity contribution in [3.63, 3.8) is 0 Å². The van der Waals surface area contributed by atoms with E-state index in [0.717, 1.165) is 0 Å². The molecule has 0 radical (unpaired) electrons. The number of carbonyl (C=O) groups excluding carboxylic acids is 2. The lowest BCUT2D eigenvalue weighted by Gasteiger charge is -2.14. The van der Waals surface area contributed by atoms with Crippen molar-refractivity contribution in [2.24, 2.45) is 0 Å². The molecule has 0 unspecified atom stereocenters. The maximum absolute atomic E-state index is 11.9. The lowest BCUT2D eigenvalue weighted by atomic mass is 9.90. The maximum Gasteiger partial charge on any atom is 0.192 e. The lowest BCUT2D eigenvalue weighted by molar-refractivity contribution is 0.0960. The molecular weight excluding hydrogens is 228 g/mol. The molecule has 1 aromatic rings. The number of Topliss-reactive ketones (excluding diaryl/α,β-unsaturated/α-hetero) is 1. The van der Waals surface area contributed by atoms with E-state index < -0.39 is 0 Å². The molecule has 0 N–H and O–H groups in total. The molecule has 3 nitrogen and oxygen atoms in total. The molecule has 0 amide bonds. The minimum atomic E-state index is -0.166. The van der Waals surface area contributed by atoms with Gasteiger partial charge in [0.15, 0.2) is 11.6 Å². The monoisotopic (exact) mass is 236 g/mol. The zero-order valence-corrected chi connectivity index (χ0v) is 9.16. The van der Waals surface area contributed by atoms with Gasteiger partial charge < -0.3 is 4.74 Å². The molecular formula is C12H9ClO3. The highest BCUT2D eigenvalue weighted by Crippen LogP contribution is 2.21. The average molecular weight is 237 g/mol. The van der Waals surface area contributed by atoms with E-state index in [-0.39, 0.29) is 24.2 Å². The van der Waals surface area contributed by atoms with Crippen LogP contribution in [0.2, 0.25) is 0 Å². The number of halogens is 1. The van der Waals surface area contributed by atoms with Crippen molar-refractivity contribution in [2.75, 3.05) is 12.7 Å². The summed E-state index contributed by atoms with van der Waals surface area (Å²) in [7, 11) is 0. The summed E-state index contributed by atoms with van der Waals surface area (Å²) in [5.41, 5.74) is 1.23. The largest absolute Gasteiger partial charge is 0.361 e.